The van der Waals surface area contributed by atoms with Crippen molar-refractivity contribution in [2.24, 2.45) is 16.5 Å². The van der Waals surface area contributed by atoms with Crippen LogP contribution in [-0.2, 0) is 16.1 Å². The van der Waals surface area contributed by atoms with Gasteiger partial charge in [0.15, 0.2) is 22.9 Å². The van der Waals surface area contributed by atoms with Gasteiger partial charge in [-0.2, -0.15) is 0 Å². The van der Waals surface area contributed by atoms with Crippen LogP contribution in [-0.4, -0.2) is 74.9 Å². The number of rotatable bonds is 13. The SMILES string of the molecule is NC(N)=NCCC[C@@H](NC(=O)OCCCCCn1cnc2c(N3CCC3)ncnc21)C(=O)O. The van der Waals surface area contributed by atoms with Crippen molar-refractivity contribution in [2.75, 3.05) is 31.1 Å². The highest BCUT2D eigenvalue weighted by Gasteiger charge is 2.21. The lowest BCUT2D eigenvalue weighted by molar-refractivity contribution is -0.139. The number of carbonyl (C=O) groups excluding carboxylic acids is 1. The lowest BCUT2D eigenvalue weighted by Crippen LogP contribution is -2.41. The second-order valence-corrected chi connectivity index (χ2v) is 7.83. The van der Waals surface area contributed by atoms with Crippen LogP contribution in [0.2, 0.25) is 0 Å². The number of imidazole rings is 1. The number of amides is 1. The highest BCUT2D eigenvalue weighted by Crippen LogP contribution is 2.25. The van der Waals surface area contributed by atoms with Crippen molar-refractivity contribution in [3.8, 4) is 0 Å². The zero-order valence-corrected chi connectivity index (χ0v) is 18.5. The quantitative estimate of drug-likeness (QED) is 0.185. The minimum absolute atomic E-state index is 0.0554. The lowest BCUT2D eigenvalue weighted by atomic mass is 10.1. The Kier molecular flexibility index (Phi) is 8.61. The van der Waals surface area contributed by atoms with Gasteiger partial charge in [-0.1, -0.05) is 0 Å². The van der Waals surface area contributed by atoms with Crippen LogP contribution < -0.4 is 21.7 Å². The normalized spacial score (nSPS) is 13.9. The van der Waals surface area contributed by atoms with E-state index in [2.05, 4.69) is 30.2 Å². The largest absolute Gasteiger partial charge is 0.480 e. The summed E-state index contributed by atoms with van der Waals surface area (Å²) >= 11 is 0. The Hall–Kier alpha value is -3.64. The maximum atomic E-state index is 11.9. The van der Waals surface area contributed by atoms with Crippen molar-refractivity contribution >= 4 is 35.0 Å². The van der Waals surface area contributed by atoms with E-state index >= 15 is 0 Å². The first kappa shape index (κ1) is 24.0. The maximum Gasteiger partial charge on any atom is 0.407 e. The molecule has 0 aromatic carbocycles. The van der Waals surface area contributed by atoms with Crippen molar-refractivity contribution in [3.05, 3.63) is 12.7 Å². The second-order valence-electron chi connectivity index (χ2n) is 7.83. The van der Waals surface area contributed by atoms with Crippen LogP contribution in [0.4, 0.5) is 10.6 Å². The van der Waals surface area contributed by atoms with Crippen LogP contribution in [0.5, 0.6) is 0 Å². The summed E-state index contributed by atoms with van der Waals surface area (Å²) in [4.78, 5) is 42.4. The number of nitrogens with one attached hydrogen (secondary N) is 1. The van der Waals surface area contributed by atoms with E-state index in [9.17, 15) is 14.7 Å². The first-order valence-electron chi connectivity index (χ1n) is 11.1. The molecule has 3 rings (SSSR count). The zero-order valence-electron chi connectivity index (χ0n) is 18.5. The van der Waals surface area contributed by atoms with E-state index in [0.29, 0.717) is 19.4 Å². The van der Waals surface area contributed by atoms with E-state index in [0.717, 1.165) is 49.5 Å². The van der Waals surface area contributed by atoms with Crippen LogP contribution >= 0.6 is 0 Å². The molecule has 1 amide bonds. The van der Waals surface area contributed by atoms with Gasteiger partial charge >= 0.3 is 12.1 Å². The first-order valence-corrected chi connectivity index (χ1v) is 11.1. The minimum Gasteiger partial charge on any atom is -0.480 e. The number of hydrogen-bond donors (Lipinski definition) is 4. The van der Waals surface area contributed by atoms with Crippen molar-refractivity contribution in [1.29, 1.82) is 0 Å². The van der Waals surface area contributed by atoms with Crippen LogP contribution in [0.3, 0.4) is 0 Å². The van der Waals surface area contributed by atoms with Gasteiger partial charge in [-0.3, -0.25) is 4.99 Å². The lowest BCUT2D eigenvalue weighted by Gasteiger charge is -2.31. The Morgan fingerprint density at radius 2 is 2.00 bits per heavy atom. The molecule has 2 aromatic rings. The fourth-order valence-electron chi connectivity index (χ4n) is 3.46. The van der Waals surface area contributed by atoms with E-state index in [4.69, 9.17) is 16.2 Å². The molecule has 1 saturated heterocycles. The maximum absolute atomic E-state index is 11.9. The van der Waals surface area contributed by atoms with Crippen molar-refractivity contribution in [2.45, 2.75) is 51.1 Å². The highest BCUT2D eigenvalue weighted by atomic mass is 16.5. The van der Waals surface area contributed by atoms with Gasteiger partial charge in [0, 0.05) is 26.2 Å². The molecule has 0 spiro atoms. The first-order chi connectivity index (χ1) is 16.0. The Morgan fingerprint density at radius 1 is 1.18 bits per heavy atom. The molecule has 0 aliphatic carbocycles. The summed E-state index contributed by atoms with van der Waals surface area (Å²) in [7, 11) is 0. The molecule has 13 nitrogen and oxygen atoms in total. The third-order valence-electron chi connectivity index (χ3n) is 5.35. The topological polar surface area (TPSA) is 187 Å². The van der Waals surface area contributed by atoms with Crippen LogP contribution in [0.25, 0.3) is 11.2 Å². The minimum atomic E-state index is -1.13. The van der Waals surface area contributed by atoms with E-state index in [1.165, 1.54) is 6.42 Å². The molecular weight excluding hydrogens is 430 g/mol. The van der Waals surface area contributed by atoms with Crippen LogP contribution in [0, 0.1) is 0 Å². The molecular formula is C20H31N9O4. The Morgan fingerprint density at radius 3 is 2.70 bits per heavy atom. The molecule has 3 heterocycles. The third kappa shape index (κ3) is 6.92. The number of fused-ring (bicyclic) bond motifs is 1. The standard InChI is InChI=1S/C20H31N9O4/c21-19(22)23-7-4-6-14(18(30)31)27-20(32)33-11-3-1-2-8-29-13-26-15-16(28-9-5-10-28)24-12-25-17(15)29/h12-14H,1-11H2,(H,27,32)(H,30,31)(H4,21,22,23)/t14-/m1/s1. The molecule has 180 valence electrons. The summed E-state index contributed by atoms with van der Waals surface area (Å²) in [5.41, 5.74) is 12.1. The third-order valence-corrected chi connectivity index (χ3v) is 5.35. The smallest absolute Gasteiger partial charge is 0.407 e. The van der Waals surface area contributed by atoms with E-state index < -0.39 is 18.1 Å². The number of nitrogens with zero attached hydrogens (tertiary/aromatic N) is 6. The molecule has 1 aliphatic rings. The number of aliphatic carboxylic acids is 1. The second kappa shape index (κ2) is 11.8. The number of aliphatic imine (C=N–C) groups is 1. The Balaban J connectivity index is 1.33. The summed E-state index contributed by atoms with van der Waals surface area (Å²) in [5.74, 6) is -0.300. The molecule has 13 heteroatoms. The summed E-state index contributed by atoms with van der Waals surface area (Å²) in [5, 5.41) is 11.6. The molecule has 2 aromatic heterocycles. The van der Waals surface area contributed by atoms with Gasteiger partial charge in [-0.15, -0.1) is 0 Å². The van der Waals surface area contributed by atoms with Gasteiger partial charge in [-0.25, -0.2) is 24.5 Å². The van der Waals surface area contributed by atoms with Gasteiger partial charge < -0.3 is 36.1 Å². The van der Waals surface area contributed by atoms with E-state index in [-0.39, 0.29) is 19.0 Å². The number of anilines is 1. The Bertz CT molecular complexity index is 970. The zero-order chi connectivity index (χ0) is 23.6. The number of unbranched alkanes of at least 4 members (excludes halogenated alkanes) is 2. The van der Waals surface area contributed by atoms with Gasteiger partial charge in [0.25, 0.3) is 0 Å². The summed E-state index contributed by atoms with van der Waals surface area (Å²) in [6.07, 6.45) is 6.75. The van der Waals surface area contributed by atoms with Crippen molar-refractivity contribution in [1.82, 2.24) is 24.8 Å². The number of carbonyl (C=O) groups is 2. The molecule has 0 bridgehead atoms. The average Bonchev–Trinajstić information content (AvgIpc) is 3.15. The molecule has 1 fully saturated rings. The van der Waals surface area contributed by atoms with Gasteiger partial charge in [0.2, 0.25) is 0 Å². The molecule has 1 atom stereocenters. The van der Waals surface area contributed by atoms with Gasteiger partial charge in [0.05, 0.1) is 12.9 Å². The number of hydrogen-bond acceptors (Lipinski definition) is 8. The number of ether oxygens (including phenoxy) is 1. The number of guanidine groups is 1. The summed E-state index contributed by atoms with van der Waals surface area (Å²) < 4.78 is 7.12. The number of aryl methyl sites for hydroxylation is 1. The number of alkyl carbamates (subject to hydrolysis) is 1. The molecule has 0 saturated carbocycles. The molecule has 0 radical (unpaired) electrons. The fourth-order valence-corrected chi connectivity index (χ4v) is 3.46. The number of carboxylic acid groups (broad SMARTS) is 1. The van der Waals surface area contributed by atoms with Gasteiger partial charge in [-0.05, 0) is 38.5 Å². The fraction of sp³-hybridized carbons (Fsp3) is 0.600. The van der Waals surface area contributed by atoms with Crippen LogP contribution in [0.1, 0.15) is 38.5 Å². The highest BCUT2D eigenvalue weighted by molar-refractivity contribution is 5.83. The molecule has 33 heavy (non-hydrogen) atoms. The van der Waals surface area contributed by atoms with Gasteiger partial charge in [0.1, 0.15) is 12.4 Å². The molecule has 1 aliphatic heterocycles. The van der Waals surface area contributed by atoms with E-state index in [1.807, 2.05) is 4.57 Å². The number of carboxylic acids is 1. The molecule has 0 unspecified atom stereocenters. The average molecular weight is 462 g/mol. The summed E-state index contributed by atoms with van der Waals surface area (Å²) in [6, 6.07) is -1.05. The predicted molar refractivity (Wildman–Crippen MR) is 122 cm³/mol. The Labute approximate surface area is 191 Å². The van der Waals surface area contributed by atoms with Crippen molar-refractivity contribution in [3.63, 3.8) is 0 Å². The number of aromatic nitrogens is 4. The van der Waals surface area contributed by atoms with E-state index in [1.54, 1.807) is 12.7 Å². The molecule has 6 N–H and O–H groups in total. The van der Waals surface area contributed by atoms with Crippen LogP contribution in [0.15, 0.2) is 17.6 Å². The summed E-state index contributed by atoms with van der Waals surface area (Å²) in [6.45, 7) is 3.24. The number of nitrogens with two attached hydrogens (primary N) is 2. The van der Waals surface area contributed by atoms with Crippen molar-refractivity contribution < 1.29 is 19.4 Å². The monoisotopic (exact) mass is 461 g/mol. The predicted octanol–water partition coefficient (Wildman–Crippen LogP) is 0.440.